The Morgan fingerprint density at radius 2 is 1.80 bits per heavy atom. The van der Waals surface area contributed by atoms with Crippen molar-refractivity contribution in [1.29, 1.82) is 0 Å². The zero-order valence-electron chi connectivity index (χ0n) is 9.24. The van der Waals surface area contributed by atoms with E-state index in [1.54, 1.807) is 0 Å². The summed E-state index contributed by atoms with van der Waals surface area (Å²) in [5.74, 6) is 0.383. The first-order valence-electron chi connectivity index (χ1n) is 6.02. The molecule has 0 aromatic rings. The summed E-state index contributed by atoms with van der Waals surface area (Å²) in [7, 11) is -2.80. The first-order chi connectivity index (χ1) is 7.02. The summed E-state index contributed by atoms with van der Waals surface area (Å²) in [6.45, 7) is 0. The Morgan fingerprint density at radius 1 is 1.13 bits per heavy atom. The molecule has 0 amide bonds. The largest absolute Gasteiger partial charge is 0.325 e. The lowest BCUT2D eigenvalue weighted by Gasteiger charge is -2.35. The van der Waals surface area contributed by atoms with Crippen LogP contribution in [-0.2, 0) is 9.84 Å². The molecule has 1 heterocycles. The second-order valence-electron chi connectivity index (χ2n) is 5.26. The van der Waals surface area contributed by atoms with Crippen molar-refractivity contribution < 1.29 is 8.42 Å². The van der Waals surface area contributed by atoms with Gasteiger partial charge < -0.3 is 5.73 Å². The zero-order chi connectivity index (χ0) is 10.9. The van der Waals surface area contributed by atoms with Gasteiger partial charge in [0.05, 0.1) is 11.0 Å². The highest BCUT2D eigenvalue weighted by atomic mass is 32.2. The van der Waals surface area contributed by atoms with Crippen molar-refractivity contribution in [3.63, 3.8) is 0 Å². The van der Waals surface area contributed by atoms with Crippen molar-refractivity contribution in [2.75, 3.05) is 5.75 Å². The van der Waals surface area contributed by atoms with E-state index in [1.165, 1.54) is 19.3 Å². The van der Waals surface area contributed by atoms with Crippen LogP contribution in [0.4, 0.5) is 0 Å². The molecule has 15 heavy (non-hydrogen) atoms. The number of nitrogens with two attached hydrogens (primary N) is 1. The van der Waals surface area contributed by atoms with E-state index in [0.29, 0.717) is 12.2 Å². The summed E-state index contributed by atoms with van der Waals surface area (Å²) in [5, 5.41) is -0.138. The summed E-state index contributed by atoms with van der Waals surface area (Å²) < 4.78 is 23.4. The second-order valence-corrected chi connectivity index (χ2v) is 7.66. The fraction of sp³-hybridized carbons (Fsp3) is 1.00. The van der Waals surface area contributed by atoms with E-state index >= 15 is 0 Å². The maximum absolute atomic E-state index is 11.7. The molecule has 4 heteroatoms. The normalized spacial score (nSPS) is 34.1. The van der Waals surface area contributed by atoms with Crippen LogP contribution in [0.5, 0.6) is 0 Å². The van der Waals surface area contributed by atoms with E-state index in [0.717, 1.165) is 25.7 Å². The fourth-order valence-electron chi connectivity index (χ4n) is 3.00. The summed E-state index contributed by atoms with van der Waals surface area (Å²) in [6, 6.07) is 0. The van der Waals surface area contributed by atoms with Crippen LogP contribution >= 0.6 is 0 Å². The molecule has 0 aromatic heterocycles. The van der Waals surface area contributed by atoms with Crippen LogP contribution in [0.2, 0.25) is 0 Å². The van der Waals surface area contributed by atoms with E-state index < -0.39 is 9.84 Å². The minimum atomic E-state index is -2.80. The molecule has 2 N–H and O–H groups in total. The number of rotatable bonds is 2. The monoisotopic (exact) mass is 231 g/mol. The molecule has 1 aliphatic heterocycles. The van der Waals surface area contributed by atoms with Gasteiger partial charge in [0.15, 0.2) is 9.84 Å². The maximum atomic E-state index is 11.7. The van der Waals surface area contributed by atoms with Gasteiger partial charge in [0.25, 0.3) is 0 Å². The molecule has 0 bridgehead atoms. The van der Waals surface area contributed by atoms with Gasteiger partial charge in [-0.05, 0) is 32.1 Å². The first-order valence-corrected chi connectivity index (χ1v) is 7.74. The van der Waals surface area contributed by atoms with Crippen LogP contribution in [0.3, 0.4) is 0 Å². The van der Waals surface area contributed by atoms with Gasteiger partial charge in [-0.1, -0.05) is 19.3 Å². The van der Waals surface area contributed by atoms with E-state index in [9.17, 15) is 8.42 Å². The van der Waals surface area contributed by atoms with Crippen LogP contribution in [0, 0.1) is 0 Å². The molecule has 0 radical (unpaired) electrons. The van der Waals surface area contributed by atoms with Crippen molar-refractivity contribution in [2.45, 2.75) is 62.2 Å². The summed E-state index contributed by atoms with van der Waals surface area (Å²) in [6.07, 6.45) is 8.00. The third-order valence-electron chi connectivity index (χ3n) is 3.95. The van der Waals surface area contributed by atoms with E-state index in [-0.39, 0.29) is 10.8 Å². The van der Waals surface area contributed by atoms with Crippen LogP contribution in [0.1, 0.15) is 51.4 Å². The minimum Gasteiger partial charge on any atom is -0.325 e. The van der Waals surface area contributed by atoms with Crippen molar-refractivity contribution in [2.24, 2.45) is 5.73 Å². The first kappa shape index (κ1) is 11.4. The molecule has 88 valence electrons. The quantitative estimate of drug-likeness (QED) is 0.785. The number of hydrogen-bond donors (Lipinski definition) is 1. The average Bonchev–Trinajstić information content (AvgIpc) is 2.46. The Labute approximate surface area is 92.3 Å². The molecule has 1 saturated heterocycles. The van der Waals surface area contributed by atoms with Gasteiger partial charge in [0.1, 0.15) is 0 Å². The smallest absolute Gasteiger partial charge is 0.153 e. The van der Waals surface area contributed by atoms with E-state index in [1.807, 2.05) is 0 Å². The predicted molar refractivity (Wildman–Crippen MR) is 61.4 cm³/mol. The molecule has 2 fully saturated rings. The highest BCUT2D eigenvalue weighted by Gasteiger charge is 2.38. The zero-order valence-corrected chi connectivity index (χ0v) is 10.1. The average molecular weight is 231 g/mol. The third kappa shape index (κ3) is 2.53. The molecule has 1 aliphatic carbocycles. The van der Waals surface area contributed by atoms with Crippen LogP contribution < -0.4 is 5.73 Å². The third-order valence-corrected chi connectivity index (χ3v) is 6.22. The molecular weight excluding hydrogens is 210 g/mol. The van der Waals surface area contributed by atoms with Crippen LogP contribution in [-0.4, -0.2) is 25.0 Å². The van der Waals surface area contributed by atoms with Gasteiger partial charge in [-0.3, -0.25) is 0 Å². The van der Waals surface area contributed by atoms with Crippen molar-refractivity contribution >= 4 is 9.84 Å². The molecule has 3 nitrogen and oxygen atoms in total. The topological polar surface area (TPSA) is 60.2 Å². The Balaban J connectivity index is 2.01. The Bertz CT molecular complexity index is 317. The van der Waals surface area contributed by atoms with Gasteiger partial charge in [-0.15, -0.1) is 0 Å². The summed E-state index contributed by atoms with van der Waals surface area (Å²) in [4.78, 5) is 0. The van der Waals surface area contributed by atoms with Gasteiger partial charge in [0.2, 0.25) is 0 Å². The van der Waals surface area contributed by atoms with Crippen molar-refractivity contribution in [3.8, 4) is 0 Å². The Morgan fingerprint density at radius 3 is 2.33 bits per heavy atom. The predicted octanol–water partition coefficient (Wildman–Crippen LogP) is 1.62. The van der Waals surface area contributed by atoms with Crippen molar-refractivity contribution in [1.82, 2.24) is 0 Å². The second kappa shape index (κ2) is 4.06. The van der Waals surface area contributed by atoms with Crippen molar-refractivity contribution in [3.05, 3.63) is 0 Å². The molecule has 1 unspecified atom stereocenters. The molecule has 0 spiro atoms. The Kier molecular flexibility index (Phi) is 3.08. The van der Waals surface area contributed by atoms with Gasteiger partial charge in [-0.2, -0.15) is 0 Å². The molecule has 2 rings (SSSR count). The minimum absolute atomic E-state index is 0.138. The van der Waals surface area contributed by atoms with Gasteiger partial charge in [0, 0.05) is 5.54 Å². The highest BCUT2D eigenvalue weighted by molar-refractivity contribution is 7.92. The van der Waals surface area contributed by atoms with E-state index in [4.69, 9.17) is 5.73 Å². The fourth-order valence-corrected chi connectivity index (χ4v) is 5.01. The van der Waals surface area contributed by atoms with Crippen LogP contribution in [0.15, 0.2) is 0 Å². The molecule has 1 atom stereocenters. The van der Waals surface area contributed by atoms with Gasteiger partial charge in [-0.25, -0.2) is 8.42 Å². The number of hydrogen-bond acceptors (Lipinski definition) is 3. The lowest BCUT2D eigenvalue weighted by Crippen LogP contribution is -2.45. The van der Waals surface area contributed by atoms with Gasteiger partial charge >= 0.3 is 0 Å². The standard InChI is InChI=1S/C11H21NO2S/c12-11(6-2-1-3-7-11)9-10-5-4-8-15(10,13)14/h10H,1-9,12H2. The highest BCUT2D eigenvalue weighted by Crippen LogP contribution is 2.34. The molecule has 0 aromatic carbocycles. The number of sulfone groups is 1. The maximum Gasteiger partial charge on any atom is 0.153 e. The Hall–Kier alpha value is -0.0900. The summed E-state index contributed by atoms with van der Waals surface area (Å²) >= 11 is 0. The lowest BCUT2D eigenvalue weighted by molar-refractivity contribution is 0.273. The summed E-state index contributed by atoms with van der Waals surface area (Å²) in [5.41, 5.74) is 6.12. The SMILES string of the molecule is NC1(CC2CCCS2(=O)=O)CCCCC1. The molecule has 1 saturated carbocycles. The van der Waals surface area contributed by atoms with E-state index in [2.05, 4.69) is 0 Å². The lowest BCUT2D eigenvalue weighted by atomic mass is 9.79. The molecular formula is C11H21NO2S. The molecule has 2 aliphatic rings. The van der Waals surface area contributed by atoms with Crippen LogP contribution in [0.25, 0.3) is 0 Å².